The van der Waals surface area contributed by atoms with Gasteiger partial charge in [0.15, 0.2) is 0 Å². The number of nitrogens with zero attached hydrogens (tertiary/aromatic N) is 1. The average molecular weight is 283 g/mol. The molecular formula is C18H25N3. The number of hydrogen-bond donors (Lipinski definition) is 2. The molecule has 112 valence electrons. The number of rotatable bonds is 3. The molecule has 3 N–H and O–H groups in total. The fourth-order valence-corrected chi connectivity index (χ4v) is 4.11. The fourth-order valence-electron chi connectivity index (χ4n) is 4.11. The largest absolute Gasteiger partial charge is 0.271 e. The number of hydrogen-bond acceptors (Lipinski definition) is 3. The molecule has 1 saturated carbocycles. The predicted molar refractivity (Wildman–Crippen MR) is 87.5 cm³/mol. The summed E-state index contributed by atoms with van der Waals surface area (Å²) >= 11 is 0. The molecule has 0 bridgehead atoms. The number of aromatic nitrogens is 1. The summed E-state index contributed by atoms with van der Waals surface area (Å²) in [4.78, 5) is 4.66. The van der Waals surface area contributed by atoms with Crippen molar-refractivity contribution in [2.75, 3.05) is 0 Å². The second-order valence-corrected chi connectivity index (χ2v) is 6.74. The van der Waals surface area contributed by atoms with E-state index in [1.54, 1.807) is 0 Å². The van der Waals surface area contributed by atoms with Gasteiger partial charge in [-0.05, 0) is 48.5 Å². The molecule has 1 fully saturated rings. The first-order valence-electron chi connectivity index (χ1n) is 7.98. The van der Waals surface area contributed by atoms with Crippen molar-refractivity contribution in [1.82, 2.24) is 10.4 Å². The maximum Gasteiger partial charge on any atom is 0.0667 e. The van der Waals surface area contributed by atoms with Crippen LogP contribution in [0, 0.1) is 17.8 Å². The molecule has 0 aliphatic heterocycles. The van der Waals surface area contributed by atoms with E-state index >= 15 is 0 Å². The highest BCUT2D eigenvalue weighted by atomic mass is 15.2. The lowest BCUT2D eigenvalue weighted by Gasteiger charge is -2.36. The Kier molecular flexibility index (Phi) is 4.22. The molecule has 1 aromatic heterocycles. The lowest BCUT2D eigenvalue weighted by atomic mass is 9.73. The van der Waals surface area contributed by atoms with Crippen LogP contribution in [0.3, 0.4) is 0 Å². The maximum absolute atomic E-state index is 5.93. The van der Waals surface area contributed by atoms with E-state index in [-0.39, 0.29) is 6.04 Å². The third kappa shape index (κ3) is 2.94. The summed E-state index contributed by atoms with van der Waals surface area (Å²) in [5.41, 5.74) is 4.16. The van der Waals surface area contributed by atoms with Gasteiger partial charge in [-0.15, -0.1) is 0 Å². The van der Waals surface area contributed by atoms with Gasteiger partial charge in [0.25, 0.3) is 0 Å². The molecule has 0 radical (unpaired) electrons. The smallest absolute Gasteiger partial charge is 0.0667 e. The Morgan fingerprint density at radius 1 is 1.10 bits per heavy atom. The number of hydrazine groups is 1. The Labute approximate surface area is 126 Å². The van der Waals surface area contributed by atoms with Crippen LogP contribution in [0.4, 0.5) is 0 Å². The molecule has 1 aliphatic rings. The van der Waals surface area contributed by atoms with Crippen molar-refractivity contribution in [2.24, 2.45) is 23.6 Å². The van der Waals surface area contributed by atoms with Crippen LogP contribution in [0.1, 0.15) is 44.8 Å². The molecule has 0 amide bonds. The SMILES string of the molecule is CC1CC(C)CC(C(NN)c2nccc3ccccc23)C1. The van der Waals surface area contributed by atoms with Gasteiger partial charge in [0.2, 0.25) is 0 Å². The molecule has 1 aliphatic carbocycles. The van der Waals surface area contributed by atoms with E-state index in [2.05, 4.69) is 54.6 Å². The Balaban J connectivity index is 1.98. The summed E-state index contributed by atoms with van der Waals surface area (Å²) in [5.74, 6) is 8.03. The van der Waals surface area contributed by atoms with E-state index < -0.39 is 0 Å². The minimum Gasteiger partial charge on any atom is -0.271 e. The molecule has 1 heterocycles. The van der Waals surface area contributed by atoms with Crippen LogP contribution < -0.4 is 11.3 Å². The summed E-state index contributed by atoms with van der Waals surface area (Å²) in [6.45, 7) is 4.71. The summed E-state index contributed by atoms with van der Waals surface area (Å²) in [6.07, 6.45) is 5.68. The van der Waals surface area contributed by atoms with Crippen LogP contribution in [-0.2, 0) is 0 Å². The van der Waals surface area contributed by atoms with Gasteiger partial charge in [-0.1, -0.05) is 38.1 Å². The molecule has 2 aromatic rings. The third-order valence-electron chi connectivity index (χ3n) is 4.86. The zero-order valence-electron chi connectivity index (χ0n) is 12.9. The number of nitrogens with one attached hydrogen (secondary N) is 1. The van der Waals surface area contributed by atoms with Crippen molar-refractivity contribution in [3.05, 3.63) is 42.2 Å². The van der Waals surface area contributed by atoms with Crippen molar-refractivity contribution >= 4 is 10.8 Å². The standard InChI is InChI=1S/C18H25N3/c1-12-9-13(2)11-15(10-12)17(21-19)18-16-6-4-3-5-14(16)7-8-20-18/h3-8,12-13,15,17,21H,9-11,19H2,1-2H3. The summed E-state index contributed by atoms with van der Waals surface area (Å²) in [6, 6.07) is 10.6. The molecule has 0 spiro atoms. The first-order chi connectivity index (χ1) is 10.2. The molecule has 21 heavy (non-hydrogen) atoms. The Bertz CT molecular complexity index is 595. The lowest BCUT2D eigenvalue weighted by Crippen LogP contribution is -2.37. The van der Waals surface area contributed by atoms with Crippen molar-refractivity contribution in [1.29, 1.82) is 0 Å². The van der Waals surface area contributed by atoms with Gasteiger partial charge in [0, 0.05) is 11.6 Å². The van der Waals surface area contributed by atoms with Crippen molar-refractivity contribution < 1.29 is 0 Å². The van der Waals surface area contributed by atoms with E-state index in [9.17, 15) is 0 Å². The van der Waals surface area contributed by atoms with Crippen molar-refractivity contribution in [3.8, 4) is 0 Å². The molecule has 3 unspecified atom stereocenters. The van der Waals surface area contributed by atoms with Crippen LogP contribution in [0.15, 0.2) is 36.5 Å². The highest BCUT2D eigenvalue weighted by Crippen LogP contribution is 2.40. The zero-order chi connectivity index (χ0) is 14.8. The van der Waals surface area contributed by atoms with Gasteiger partial charge in [0.05, 0.1) is 11.7 Å². The summed E-state index contributed by atoms with van der Waals surface area (Å²) < 4.78 is 0. The third-order valence-corrected chi connectivity index (χ3v) is 4.86. The second-order valence-electron chi connectivity index (χ2n) is 6.74. The normalized spacial score (nSPS) is 27.7. The molecular weight excluding hydrogens is 258 g/mol. The highest BCUT2D eigenvalue weighted by Gasteiger charge is 2.31. The van der Waals surface area contributed by atoms with Crippen LogP contribution in [0.2, 0.25) is 0 Å². The van der Waals surface area contributed by atoms with Gasteiger partial charge in [-0.25, -0.2) is 0 Å². The van der Waals surface area contributed by atoms with E-state index in [1.807, 2.05) is 6.20 Å². The number of pyridine rings is 1. The Morgan fingerprint density at radius 2 is 1.81 bits per heavy atom. The Hall–Kier alpha value is -1.45. The van der Waals surface area contributed by atoms with E-state index in [0.29, 0.717) is 5.92 Å². The predicted octanol–water partition coefficient (Wildman–Crippen LogP) is 3.81. The van der Waals surface area contributed by atoms with Crippen LogP contribution >= 0.6 is 0 Å². The fraction of sp³-hybridized carbons (Fsp3) is 0.500. The summed E-state index contributed by atoms with van der Waals surface area (Å²) in [5, 5.41) is 2.45. The van der Waals surface area contributed by atoms with Crippen LogP contribution in [-0.4, -0.2) is 4.98 Å². The van der Waals surface area contributed by atoms with Crippen LogP contribution in [0.5, 0.6) is 0 Å². The first kappa shape index (κ1) is 14.5. The second kappa shape index (κ2) is 6.12. The minimum absolute atomic E-state index is 0.140. The number of nitrogens with two attached hydrogens (primary N) is 1. The molecule has 3 heteroatoms. The molecule has 3 rings (SSSR count). The van der Waals surface area contributed by atoms with Gasteiger partial charge in [0.1, 0.15) is 0 Å². The maximum atomic E-state index is 5.93. The number of fused-ring (bicyclic) bond motifs is 1. The Morgan fingerprint density at radius 3 is 2.52 bits per heavy atom. The quantitative estimate of drug-likeness (QED) is 0.665. The molecule has 3 nitrogen and oxygen atoms in total. The lowest BCUT2D eigenvalue weighted by molar-refractivity contribution is 0.176. The number of benzene rings is 1. The molecule has 0 saturated heterocycles. The van der Waals surface area contributed by atoms with Gasteiger partial charge < -0.3 is 0 Å². The monoisotopic (exact) mass is 283 g/mol. The molecule has 1 aromatic carbocycles. The average Bonchev–Trinajstić information content (AvgIpc) is 2.47. The minimum atomic E-state index is 0.140. The van der Waals surface area contributed by atoms with E-state index in [4.69, 9.17) is 5.84 Å². The van der Waals surface area contributed by atoms with Gasteiger partial charge in [-0.2, -0.15) is 0 Å². The van der Waals surface area contributed by atoms with Crippen LogP contribution in [0.25, 0.3) is 10.8 Å². The van der Waals surface area contributed by atoms with E-state index in [1.165, 1.54) is 30.0 Å². The van der Waals surface area contributed by atoms with Crippen molar-refractivity contribution in [3.63, 3.8) is 0 Å². The van der Waals surface area contributed by atoms with Gasteiger partial charge >= 0.3 is 0 Å². The molecule has 3 atom stereocenters. The zero-order valence-corrected chi connectivity index (χ0v) is 12.9. The first-order valence-corrected chi connectivity index (χ1v) is 7.98. The van der Waals surface area contributed by atoms with E-state index in [0.717, 1.165) is 17.5 Å². The summed E-state index contributed by atoms with van der Waals surface area (Å²) in [7, 11) is 0. The van der Waals surface area contributed by atoms with Gasteiger partial charge in [-0.3, -0.25) is 16.3 Å². The van der Waals surface area contributed by atoms with Crippen molar-refractivity contribution in [2.45, 2.75) is 39.2 Å². The topological polar surface area (TPSA) is 50.9 Å². The highest BCUT2D eigenvalue weighted by molar-refractivity contribution is 5.84.